The molecule has 1 saturated heterocycles. The van der Waals surface area contributed by atoms with Gasteiger partial charge in [-0.2, -0.15) is 0 Å². The van der Waals surface area contributed by atoms with Crippen LogP contribution in [0.4, 0.5) is 5.95 Å². The number of carbonyl (C=O) groups is 1. The average Bonchev–Trinajstić information content (AvgIpc) is 3.09. The van der Waals surface area contributed by atoms with Gasteiger partial charge in [-0.25, -0.2) is 9.97 Å². The molecule has 0 aromatic carbocycles. The molecular formula is C19H23N3O2. The molecule has 2 unspecified atom stereocenters. The van der Waals surface area contributed by atoms with Crippen molar-refractivity contribution in [2.45, 2.75) is 57.9 Å². The van der Waals surface area contributed by atoms with E-state index in [0.29, 0.717) is 12.5 Å². The molecule has 2 aromatic rings. The van der Waals surface area contributed by atoms with Crippen LogP contribution in [-0.4, -0.2) is 28.3 Å². The Balaban J connectivity index is 1.71. The van der Waals surface area contributed by atoms with Gasteiger partial charge < -0.3 is 9.32 Å². The number of ketones is 1. The van der Waals surface area contributed by atoms with Crippen molar-refractivity contribution in [2.24, 2.45) is 0 Å². The summed E-state index contributed by atoms with van der Waals surface area (Å²) in [4.78, 5) is 24.4. The highest BCUT2D eigenvalue weighted by Crippen LogP contribution is 2.34. The lowest BCUT2D eigenvalue weighted by molar-refractivity contribution is 0.0958. The number of nitrogens with zero attached hydrogens (tertiary/aromatic N) is 3. The van der Waals surface area contributed by atoms with E-state index in [9.17, 15) is 4.79 Å². The molecule has 0 radical (unpaired) electrons. The molecule has 0 amide bonds. The van der Waals surface area contributed by atoms with Gasteiger partial charge >= 0.3 is 0 Å². The van der Waals surface area contributed by atoms with Crippen LogP contribution in [0.25, 0.3) is 0 Å². The Bertz CT molecular complexity index is 754. The predicted octanol–water partition coefficient (Wildman–Crippen LogP) is 3.67. The summed E-state index contributed by atoms with van der Waals surface area (Å²) in [6, 6.07) is 4.28. The maximum atomic E-state index is 12.6. The molecule has 0 bridgehead atoms. The third-order valence-corrected chi connectivity index (χ3v) is 5.31. The van der Waals surface area contributed by atoms with E-state index >= 15 is 0 Å². The standard InChI is InChI=1S/C19H23N3O2/c1-12-6-3-4-8-22(12)19-20-13(2)18-15(21-19)10-14(11-16(18)23)17-7-5-9-24-17/h5,7,9,12,14H,3-4,6,8,10-11H2,1-2H3. The Hall–Kier alpha value is -2.17. The Morgan fingerprint density at radius 1 is 1.25 bits per heavy atom. The summed E-state index contributed by atoms with van der Waals surface area (Å²) in [6.45, 7) is 5.16. The average molecular weight is 325 g/mol. The second-order valence-corrected chi connectivity index (χ2v) is 7.01. The number of Topliss-reactive ketones (excluding diaryl/α,β-unsaturated/α-hetero) is 1. The Morgan fingerprint density at radius 3 is 2.88 bits per heavy atom. The molecule has 0 spiro atoms. The highest BCUT2D eigenvalue weighted by atomic mass is 16.3. The van der Waals surface area contributed by atoms with Crippen molar-refractivity contribution >= 4 is 11.7 Å². The van der Waals surface area contributed by atoms with E-state index in [4.69, 9.17) is 9.40 Å². The number of aromatic nitrogens is 2. The van der Waals surface area contributed by atoms with Crippen molar-refractivity contribution in [2.75, 3.05) is 11.4 Å². The second kappa shape index (κ2) is 6.04. The summed E-state index contributed by atoms with van der Waals surface area (Å²) >= 11 is 0. The Morgan fingerprint density at radius 2 is 2.12 bits per heavy atom. The molecule has 3 heterocycles. The minimum Gasteiger partial charge on any atom is -0.469 e. The first-order chi connectivity index (χ1) is 11.6. The normalized spacial score (nSPS) is 24.1. The monoisotopic (exact) mass is 325 g/mol. The fourth-order valence-corrected chi connectivity index (χ4v) is 4.01. The van der Waals surface area contributed by atoms with Gasteiger partial charge in [0.2, 0.25) is 5.95 Å². The van der Waals surface area contributed by atoms with Crippen LogP contribution in [0.2, 0.25) is 0 Å². The van der Waals surface area contributed by atoms with Crippen molar-refractivity contribution in [3.8, 4) is 0 Å². The molecule has 0 N–H and O–H groups in total. The zero-order valence-corrected chi connectivity index (χ0v) is 14.3. The van der Waals surface area contributed by atoms with E-state index < -0.39 is 0 Å². The molecule has 126 valence electrons. The highest BCUT2D eigenvalue weighted by molar-refractivity contribution is 5.99. The van der Waals surface area contributed by atoms with Gasteiger partial charge in [0.15, 0.2) is 5.78 Å². The van der Waals surface area contributed by atoms with Gasteiger partial charge in [-0.3, -0.25) is 4.79 Å². The molecule has 24 heavy (non-hydrogen) atoms. The lowest BCUT2D eigenvalue weighted by Gasteiger charge is -2.34. The lowest BCUT2D eigenvalue weighted by Crippen LogP contribution is -2.39. The largest absolute Gasteiger partial charge is 0.469 e. The van der Waals surface area contributed by atoms with E-state index in [1.54, 1.807) is 6.26 Å². The topological polar surface area (TPSA) is 59.2 Å². The van der Waals surface area contributed by atoms with Gasteiger partial charge in [0.25, 0.3) is 0 Å². The summed E-state index contributed by atoms with van der Waals surface area (Å²) in [5, 5.41) is 0. The Labute approximate surface area is 142 Å². The lowest BCUT2D eigenvalue weighted by atomic mass is 9.84. The summed E-state index contributed by atoms with van der Waals surface area (Å²) in [5.41, 5.74) is 2.43. The van der Waals surface area contributed by atoms with Crippen LogP contribution >= 0.6 is 0 Å². The molecule has 5 heteroatoms. The van der Waals surface area contributed by atoms with E-state index in [2.05, 4.69) is 16.8 Å². The number of aryl methyl sites for hydroxylation is 1. The summed E-state index contributed by atoms with van der Waals surface area (Å²) in [5.74, 6) is 1.87. The van der Waals surface area contributed by atoms with Crippen LogP contribution < -0.4 is 4.90 Å². The minimum atomic E-state index is 0.0842. The maximum absolute atomic E-state index is 12.6. The molecule has 2 atom stereocenters. The number of anilines is 1. The fraction of sp³-hybridized carbons (Fsp3) is 0.526. The number of piperidine rings is 1. The van der Waals surface area contributed by atoms with Crippen LogP contribution in [0.1, 0.15) is 66.0 Å². The van der Waals surface area contributed by atoms with Crippen LogP contribution in [0.5, 0.6) is 0 Å². The van der Waals surface area contributed by atoms with Gasteiger partial charge in [0.05, 0.1) is 23.2 Å². The van der Waals surface area contributed by atoms with Crippen molar-refractivity contribution in [1.29, 1.82) is 0 Å². The molecule has 4 rings (SSSR count). The van der Waals surface area contributed by atoms with Gasteiger partial charge in [-0.05, 0) is 45.2 Å². The van der Waals surface area contributed by atoms with Gasteiger partial charge in [0.1, 0.15) is 5.76 Å². The molecule has 1 fully saturated rings. The van der Waals surface area contributed by atoms with E-state index in [0.717, 1.165) is 41.6 Å². The molecule has 5 nitrogen and oxygen atoms in total. The van der Waals surface area contributed by atoms with Gasteiger partial charge in [0, 0.05) is 31.3 Å². The third-order valence-electron chi connectivity index (χ3n) is 5.31. The van der Waals surface area contributed by atoms with Crippen LogP contribution in [-0.2, 0) is 6.42 Å². The first-order valence-electron chi connectivity index (χ1n) is 8.84. The quantitative estimate of drug-likeness (QED) is 0.843. The number of hydrogen-bond acceptors (Lipinski definition) is 5. The first-order valence-corrected chi connectivity index (χ1v) is 8.84. The number of hydrogen-bond donors (Lipinski definition) is 0. The smallest absolute Gasteiger partial charge is 0.226 e. The summed E-state index contributed by atoms with van der Waals surface area (Å²) in [7, 11) is 0. The Kier molecular flexibility index (Phi) is 3.87. The number of rotatable bonds is 2. The highest BCUT2D eigenvalue weighted by Gasteiger charge is 2.32. The van der Waals surface area contributed by atoms with Crippen molar-refractivity contribution in [1.82, 2.24) is 9.97 Å². The molecule has 0 saturated carbocycles. The van der Waals surface area contributed by atoms with Gasteiger partial charge in [-0.1, -0.05) is 0 Å². The number of carbonyl (C=O) groups excluding carboxylic acids is 1. The predicted molar refractivity (Wildman–Crippen MR) is 91.5 cm³/mol. The molecule has 1 aliphatic heterocycles. The van der Waals surface area contributed by atoms with Crippen molar-refractivity contribution < 1.29 is 9.21 Å². The molecule has 2 aromatic heterocycles. The zero-order chi connectivity index (χ0) is 16.7. The second-order valence-electron chi connectivity index (χ2n) is 7.01. The molecule has 1 aliphatic carbocycles. The van der Waals surface area contributed by atoms with Gasteiger partial charge in [-0.15, -0.1) is 0 Å². The SMILES string of the molecule is Cc1nc(N2CCCCC2C)nc2c1C(=O)CC(c1ccco1)C2. The van der Waals surface area contributed by atoms with E-state index in [1.807, 2.05) is 19.1 Å². The number of furan rings is 1. The zero-order valence-electron chi connectivity index (χ0n) is 14.3. The summed E-state index contributed by atoms with van der Waals surface area (Å²) in [6.07, 6.45) is 6.50. The van der Waals surface area contributed by atoms with Crippen molar-refractivity contribution in [3.63, 3.8) is 0 Å². The molecular weight excluding hydrogens is 302 g/mol. The summed E-state index contributed by atoms with van der Waals surface area (Å²) < 4.78 is 5.52. The number of fused-ring (bicyclic) bond motifs is 1. The van der Waals surface area contributed by atoms with E-state index in [-0.39, 0.29) is 11.7 Å². The van der Waals surface area contributed by atoms with Crippen LogP contribution in [0.15, 0.2) is 22.8 Å². The fourth-order valence-electron chi connectivity index (χ4n) is 4.01. The van der Waals surface area contributed by atoms with Crippen LogP contribution in [0.3, 0.4) is 0 Å². The third kappa shape index (κ3) is 2.62. The van der Waals surface area contributed by atoms with Crippen LogP contribution in [0, 0.1) is 6.92 Å². The van der Waals surface area contributed by atoms with E-state index in [1.165, 1.54) is 19.3 Å². The molecule has 2 aliphatic rings. The maximum Gasteiger partial charge on any atom is 0.226 e. The van der Waals surface area contributed by atoms with Crippen molar-refractivity contribution in [3.05, 3.63) is 41.1 Å². The first kappa shape index (κ1) is 15.4. The minimum absolute atomic E-state index is 0.0842.